The fourth-order valence-corrected chi connectivity index (χ4v) is 2.07. The highest BCUT2D eigenvalue weighted by Gasteiger charge is 2.14. The molecule has 0 radical (unpaired) electrons. The predicted octanol–water partition coefficient (Wildman–Crippen LogP) is 2.64. The highest BCUT2D eigenvalue weighted by molar-refractivity contribution is 5.90. The molecule has 0 atom stereocenters. The molecule has 0 unspecified atom stereocenters. The summed E-state index contributed by atoms with van der Waals surface area (Å²) in [7, 11) is 4.29. The predicted molar refractivity (Wildman–Crippen MR) is 86.7 cm³/mol. The van der Waals surface area contributed by atoms with E-state index < -0.39 is 11.9 Å². The summed E-state index contributed by atoms with van der Waals surface area (Å²) >= 11 is 0. The lowest BCUT2D eigenvalue weighted by Gasteiger charge is -2.10. The summed E-state index contributed by atoms with van der Waals surface area (Å²) < 4.78 is 20.2. The van der Waals surface area contributed by atoms with Crippen LogP contribution in [0.15, 0.2) is 42.5 Å². The summed E-state index contributed by atoms with van der Waals surface area (Å²) in [4.78, 5) is 23.6. The zero-order chi connectivity index (χ0) is 17.5. The van der Waals surface area contributed by atoms with Crippen LogP contribution < -0.4 is 14.2 Å². The van der Waals surface area contributed by atoms with Gasteiger partial charge in [-0.05, 0) is 35.9 Å². The molecule has 2 aromatic rings. The lowest BCUT2D eigenvalue weighted by atomic mass is 10.1. The molecule has 126 valence electrons. The largest absolute Gasteiger partial charge is 0.497 e. The lowest BCUT2D eigenvalue weighted by molar-refractivity contribution is -0.133. The van der Waals surface area contributed by atoms with Gasteiger partial charge in [0, 0.05) is 0 Å². The fourth-order valence-electron chi connectivity index (χ4n) is 2.07. The smallest absolute Gasteiger partial charge is 0.337 e. The number of ether oxygens (including phenoxy) is 4. The van der Waals surface area contributed by atoms with E-state index in [9.17, 15) is 9.59 Å². The van der Waals surface area contributed by atoms with Gasteiger partial charge in [-0.1, -0.05) is 12.1 Å². The second-order valence-electron chi connectivity index (χ2n) is 4.86. The summed E-state index contributed by atoms with van der Waals surface area (Å²) in [5.41, 5.74) is 1.11. The van der Waals surface area contributed by atoms with Crippen molar-refractivity contribution in [2.24, 2.45) is 0 Å². The van der Waals surface area contributed by atoms with Gasteiger partial charge in [-0.25, -0.2) is 4.79 Å². The van der Waals surface area contributed by atoms with Crippen molar-refractivity contribution < 1.29 is 28.5 Å². The first kappa shape index (κ1) is 17.3. The van der Waals surface area contributed by atoms with Gasteiger partial charge in [0.15, 0.2) is 11.5 Å². The third kappa shape index (κ3) is 4.25. The molecule has 0 aliphatic heterocycles. The van der Waals surface area contributed by atoms with E-state index in [1.807, 2.05) is 0 Å². The Morgan fingerprint density at radius 3 is 2.17 bits per heavy atom. The Balaban J connectivity index is 2.08. The van der Waals surface area contributed by atoms with Crippen molar-refractivity contribution >= 4 is 11.9 Å². The van der Waals surface area contributed by atoms with Gasteiger partial charge in [0.25, 0.3) is 0 Å². The standard InChI is InChI=1S/C18H18O6/c1-21-14-7-4-12(5-8-14)10-17(19)24-15-9-6-13(18(20)23-3)11-16(15)22-2/h4-9,11H,10H2,1-3H3. The number of benzene rings is 2. The molecule has 2 rings (SSSR count). The van der Waals surface area contributed by atoms with Crippen LogP contribution in [0.4, 0.5) is 0 Å². The fraction of sp³-hybridized carbons (Fsp3) is 0.222. The minimum Gasteiger partial charge on any atom is -0.497 e. The summed E-state index contributed by atoms with van der Waals surface area (Å²) in [6, 6.07) is 11.6. The normalized spacial score (nSPS) is 9.96. The number of hydrogen-bond acceptors (Lipinski definition) is 6. The Hall–Kier alpha value is -3.02. The maximum atomic E-state index is 12.1. The third-order valence-corrected chi connectivity index (χ3v) is 3.32. The van der Waals surface area contributed by atoms with Gasteiger partial charge in [-0.15, -0.1) is 0 Å². The van der Waals surface area contributed by atoms with E-state index in [-0.39, 0.29) is 17.9 Å². The van der Waals surface area contributed by atoms with Gasteiger partial charge >= 0.3 is 11.9 Å². The second kappa shape index (κ2) is 8.01. The zero-order valence-corrected chi connectivity index (χ0v) is 13.7. The zero-order valence-electron chi connectivity index (χ0n) is 13.7. The molecular weight excluding hydrogens is 312 g/mol. The van der Waals surface area contributed by atoms with Crippen LogP contribution in [0.25, 0.3) is 0 Å². The Bertz CT molecular complexity index is 721. The van der Waals surface area contributed by atoms with Gasteiger partial charge < -0.3 is 18.9 Å². The number of hydrogen-bond donors (Lipinski definition) is 0. The van der Waals surface area contributed by atoms with Gasteiger partial charge in [0.05, 0.1) is 33.3 Å². The quantitative estimate of drug-likeness (QED) is 0.599. The molecule has 0 saturated heterocycles. The van der Waals surface area contributed by atoms with E-state index in [4.69, 9.17) is 14.2 Å². The average Bonchev–Trinajstić information content (AvgIpc) is 2.61. The van der Waals surface area contributed by atoms with E-state index in [0.29, 0.717) is 11.3 Å². The molecule has 0 aliphatic carbocycles. The van der Waals surface area contributed by atoms with Gasteiger partial charge in [-0.2, -0.15) is 0 Å². The van der Waals surface area contributed by atoms with E-state index >= 15 is 0 Å². The van der Waals surface area contributed by atoms with Crippen LogP contribution in [0.2, 0.25) is 0 Å². The molecular formula is C18H18O6. The lowest BCUT2D eigenvalue weighted by Crippen LogP contribution is -2.12. The first-order valence-corrected chi connectivity index (χ1v) is 7.17. The molecule has 0 aromatic heterocycles. The molecule has 0 heterocycles. The van der Waals surface area contributed by atoms with Crippen molar-refractivity contribution in [3.05, 3.63) is 53.6 Å². The molecule has 0 bridgehead atoms. The van der Waals surface area contributed by atoms with Gasteiger partial charge in [0.1, 0.15) is 5.75 Å². The highest BCUT2D eigenvalue weighted by Crippen LogP contribution is 2.28. The minimum atomic E-state index is -0.496. The maximum absolute atomic E-state index is 12.1. The topological polar surface area (TPSA) is 71.1 Å². The van der Waals surface area contributed by atoms with Crippen molar-refractivity contribution in [1.82, 2.24) is 0 Å². The molecule has 0 fully saturated rings. The van der Waals surface area contributed by atoms with Crippen LogP contribution >= 0.6 is 0 Å². The summed E-state index contributed by atoms with van der Waals surface area (Å²) in [6.07, 6.45) is 0.103. The van der Waals surface area contributed by atoms with Crippen LogP contribution in [0.3, 0.4) is 0 Å². The van der Waals surface area contributed by atoms with Crippen molar-refractivity contribution in [2.45, 2.75) is 6.42 Å². The molecule has 0 spiro atoms. The molecule has 6 nitrogen and oxygen atoms in total. The SMILES string of the molecule is COC(=O)c1ccc(OC(=O)Cc2ccc(OC)cc2)c(OC)c1. The summed E-state index contributed by atoms with van der Waals surface area (Å²) in [6.45, 7) is 0. The Morgan fingerprint density at radius 2 is 1.58 bits per heavy atom. The first-order chi connectivity index (χ1) is 11.6. The monoisotopic (exact) mass is 330 g/mol. The number of carbonyl (C=O) groups is 2. The summed E-state index contributed by atoms with van der Waals surface area (Å²) in [5.74, 6) is 0.297. The van der Waals surface area contributed by atoms with Crippen LogP contribution in [-0.4, -0.2) is 33.3 Å². The van der Waals surface area contributed by atoms with Crippen molar-refractivity contribution in [3.63, 3.8) is 0 Å². The molecule has 0 amide bonds. The summed E-state index contributed by atoms with van der Waals surface area (Å²) in [5, 5.41) is 0. The molecule has 0 aliphatic rings. The van der Waals surface area contributed by atoms with Crippen LogP contribution in [0.5, 0.6) is 17.2 Å². The number of methoxy groups -OCH3 is 3. The molecule has 0 N–H and O–H groups in total. The highest BCUT2D eigenvalue weighted by atomic mass is 16.6. The van der Waals surface area contributed by atoms with E-state index in [1.54, 1.807) is 31.4 Å². The van der Waals surface area contributed by atoms with Crippen molar-refractivity contribution in [3.8, 4) is 17.2 Å². The van der Waals surface area contributed by atoms with Gasteiger partial charge in [-0.3, -0.25) is 4.79 Å². The second-order valence-corrected chi connectivity index (χ2v) is 4.86. The third-order valence-electron chi connectivity index (χ3n) is 3.32. The molecule has 6 heteroatoms. The maximum Gasteiger partial charge on any atom is 0.337 e. The van der Waals surface area contributed by atoms with Crippen molar-refractivity contribution in [1.29, 1.82) is 0 Å². The van der Waals surface area contributed by atoms with Crippen LogP contribution in [0, 0.1) is 0 Å². The Labute approximate surface area is 139 Å². The van der Waals surface area contributed by atoms with E-state index in [0.717, 1.165) is 5.56 Å². The molecule has 2 aromatic carbocycles. The molecule has 0 saturated carbocycles. The van der Waals surface area contributed by atoms with E-state index in [2.05, 4.69) is 4.74 Å². The number of esters is 2. The number of carbonyl (C=O) groups excluding carboxylic acids is 2. The Kier molecular flexibility index (Phi) is 5.78. The average molecular weight is 330 g/mol. The first-order valence-electron chi connectivity index (χ1n) is 7.17. The minimum absolute atomic E-state index is 0.103. The van der Waals surface area contributed by atoms with Crippen LogP contribution in [-0.2, 0) is 16.0 Å². The van der Waals surface area contributed by atoms with Crippen molar-refractivity contribution in [2.75, 3.05) is 21.3 Å². The Morgan fingerprint density at radius 1 is 0.875 bits per heavy atom. The van der Waals surface area contributed by atoms with Gasteiger partial charge in [0.2, 0.25) is 0 Å². The molecule has 24 heavy (non-hydrogen) atoms. The van der Waals surface area contributed by atoms with E-state index in [1.165, 1.54) is 32.4 Å². The number of rotatable bonds is 6. The van der Waals surface area contributed by atoms with Crippen LogP contribution in [0.1, 0.15) is 15.9 Å².